The molecule has 94 valence electrons. The summed E-state index contributed by atoms with van der Waals surface area (Å²) < 4.78 is 10.2. The summed E-state index contributed by atoms with van der Waals surface area (Å²) in [7, 11) is 0. The van der Waals surface area contributed by atoms with Gasteiger partial charge in [-0.05, 0) is 19.1 Å². The van der Waals surface area contributed by atoms with E-state index in [0.29, 0.717) is 17.9 Å². The Morgan fingerprint density at radius 1 is 1.56 bits per heavy atom. The van der Waals surface area contributed by atoms with E-state index < -0.39 is 5.97 Å². The summed E-state index contributed by atoms with van der Waals surface area (Å²) in [6.45, 7) is 2.39. The van der Waals surface area contributed by atoms with Crippen molar-refractivity contribution in [2.75, 3.05) is 12.3 Å². The Morgan fingerprint density at radius 2 is 2.33 bits per heavy atom. The average Bonchev–Trinajstić information content (AvgIpc) is 2.72. The summed E-state index contributed by atoms with van der Waals surface area (Å²) in [5.41, 5.74) is 6.16. The molecule has 0 unspecified atom stereocenters. The molecule has 0 atom stereocenters. The van der Waals surface area contributed by atoms with E-state index in [1.807, 2.05) is 6.92 Å². The number of rotatable bonds is 4. The van der Waals surface area contributed by atoms with Crippen LogP contribution in [0.4, 0.5) is 6.01 Å². The van der Waals surface area contributed by atoms with Crippen LogP contribution in [0.5, 0.6) is 5.75 Å². The number of aromatic carboxylic acids is 1. The molecule has 2 rings (SSSR count). The van der Waals surface area contributed by atoms with Crippen molar-refractivity contribution in [3.8, 4) is 17.0 Å². The van der Waals surface area contributed by atoms with Crippen LogP contribution in [0.3, 0.4) is 0 Å². The second-order valence-corrected chi connectivity index (χ2v) is 3.50. The lowest BCUT2D eigenvalue weighted by atomic mass is 10.1. The number of nitrogens with zero attached hydrogens (tertiary/aromatic N) is 1. The van der Waals surface area contributed by atoms with E-state index in [-0.39, 0.29) is 17.5 Å². The molecule has 0 aliphatic heterocycles. The molecule has 18 heavy (non-hydrogen) atoms. The topological polar surface area (TPSA) is 98.6 Å². The number of hydrogen-bond donors (Lipinski definition) is 2. The van der Waals surface area contributed by atoms with Gasteiger partial charge in [-0.15, -0.1) is 0 Å². The Morgan fingerprint density at radius 3 is 3.00 bits per heavy atom. The molecule has 1 aromatic heterocycles. The van der Waals surface area contributed by atoms with Crippen LogP contribution >= 0.6 is 0 Å². The fourth-order valence-corrected chi connectivity index (χ4v) is 1.58. The second-order valence-electron chi connectivity index (χ2n) is 3.50. The first-order valence-electron chi connectivity index (χ1n) is 5.34. The molecule has 0 amide bonds. The minimum atomic E-state index is -1.21. The number of benzene rings is 1. The van der Waals surface area contributed by atoms with Gasteiger partial charge in [0.25, 0.3) is 6.01 Å². The number of carboxylic acid groups (broad SMARTS) is 1. The smallest absolute Gasteiger partial charge is 0.374 e. The number of nitrogens with two attached hydrogens (primary N) is 1. The van der Waals surface area contributed by atoms with Crippen molar-refractivity contribution < 1.29 is 19.1 Å². The maximum atomic E-state index is 11.0. The van der Waals surface area contributed by atoms with Crippen LogP contribution in [-0.4, -0.2) is 22.7 Å². The minimum absolute atomic E-state index is 0.177. The lowest BCUT2D eigenvalue weighted by molar-refractivity contribution is 0.0665. The number of hydrogen-bond acceptors (Lipinski definition) is 5. The van der Waals surface area contributed by atoms with Crippen LogP contribution in [0, 0.1) is 0 Å². The fraction of sp³-hybridized carbons (Fsp3) is 0.167. The molecular weight excluding hydrogens is 236 g/mol. The molecule has 1 heterocycles. The molecule has 6 nitrogen and oxygen atoms in total. The number of anilines is 1. The van der Waals surface area contributed by atoms with Gasteiger partial charge in [-0.1, -0.05) is 12.1 Å². The first-order chi connectivity index (χ1) is 8.61. The zero-order valence-electron chi connectivity index (χ0n) is 9.71. The van der Waals surface area contributed by atoms with Gasteiger partial charge in [0.05, 0.1) is 6.61 Å². The normalized spacial score (nSPS) is 10.3. The summed E-state index contributed by atoms with van der Waals surface area (Å²) in [5, 5.41) is 8.99. The first-order valence-corrected chi connectivity index (χ1v) is 5.34. The highest BCUT2D eigenvalue weighted by Crippen LogP contribution is 2.27. The van der Waals surface area contributed by atoms with Gasteiger partial charge in [0.15, 0.2) is 0 Å². The van der Waals surface area contributed by atoms with Crippen LogP contribution in [0.1, 0.15) is 17.5 Å². The van der Waals surface area contributed by atoms with Crippen molar-refractivity contribution in [2.45, 2.75) is 6.92 Å². The Bertz CT molecular complexity index is 577. The maximum absolute atomic E-state index is 11.0. The highest BCUT2D eigenvalue weighted by molar-refractivity contribution is 5.92. The molecule has 6 heteroatoms. The first kappa shape index (κ1) is 12.0. The summed E-state index contributed by atoms with van der Waals surface area (Å²) in [6, 6.07) is 6.75. The minimum Gasteiger partial charge on any atom is -0.494 e. The van der Waals surface area contributed by atoms with Gasteiger partial charge in [0, 0.05) is 5.56 Å². The van der Waals surface area contributed by atoms with Gasteiger partial charge < -0.3 is 20.0 Å². The molecule has 0 aliphatic carbocycles. The molecule has 0 radical (unpaired) electrons. The zero-order valence-corrected chi connectivity index (χ0v) is 9.71. The molecule has 0 bridgehead atoms. The second kappa shape index (κ2) is 4.79. The van der Waals surface area contributed by atoms with Crippen LogP contribution in [0.15, 0.2) is 28.7 Å². The Kier molecular flexibility index (Phi) is 3.18. The predicted molar refractivity (Wildman–Crippen MR) is 64.5 cm³/mol. The fourth-order valence-electron chi connectivity index (χ4n) is 1.58. The Hall–Kier alpha value is -2.50. The highest BCUT2D eigenvalue weighted by Gasteiger charge is 2.20. The van der Waals surface area contributed by atoms with Gasteiger partial charge in [-0.25, -0.2) is 4.79 Å². The number of oxazole rings is 1. The molecular formula is C12H12N2O4. The average molecular weight is 248 g/mol. The van der Waals surface area contributed by atoms with Gasteiger partial charge in [-0.2, -0.15) is 4.98 Å². The van der Waals surface area contributed by atoms with Crippen molar-refractivity contribution >= 4 is 12.0 Å². The Labute approximate surface area is 103 Å². The van der Waals surface area contributed by atoms with Gasteiger partial charge in [0.1, 0.15) is 11.4 Å². The number of nitrogen functional groups attached to an aromatic ring is 1. The van der Waals surface area contributed by atoms with Gasteiger partial charge >= 0.3 is 5.97 Å². The number of aromatic nitrogens is 1. The van der Waals surface area contributed by atoms with E-state index in [0.717, 1.165) is 0 Å². The monoisotopic (exact) mass is 248 g/mol. The summed E-state index contributed by atoms with van der Waals surface area (Å²) >= 11 is 0. The number of ether oxygens (including phenoxy) is 1. The summed E-state index contributed by atoms with van der Waals surface area (Å²) in [6.07, 6.45) is 0. The molecule has 0 saturated carbocycles. The van der Waals surface area contributed by atoms with Crippen LogP contribution in [0.25, 0.3) is 11.3 Å². The van der Waals surface area contributed by atoms with Crippen molar-refractivity contribution in [3.63, 3.8) is 0 Å². The van der Waals surface area contributed by atoms with Crippen LogP contribution < -0.4 is 10.5 Å². The van der Waals surface area contributed by atoms with E-state index in [9.17, 15) is 4.79 Å². The van der Waals surface area contributed by atoms with E-state index >= 15 is 0 Å². The third-order valence-corrected chi connectivity index (χ3v) is 2.26. The Balaban J connectivity index is 2.47. The lowest BCUT2D eigenvalue weighted by Gasteiger charge is -2.04. The van der Waals surface area contributed by atoms with E-state index in [2.05, 4.69) is 4.98 Å². The number of carbonyl (C=O) groups is 1. The van der Waals surface area contributed by atoms with Crippen molar-refractivity contribution in [1.29, 1.82) is 0 Å². The maximum Gasteiger partial charge on any atom is 0.374 e. The third kappa shape index (κ3) is 2.27. The van der Waals surface area contributed by atoms with Gasteiger partial charge in [0.2, 0.25) is 5.76 Å². The zero-order chi connectivity index (χ0) is 13.1. The predicted octanol–water partition coefficient (Wildman–Crippen LogP) is 2.02. The SMILES string of the molecule is CCOc1cccc(-c2nc(N)oc2C(=O)O)c1. The highest BCUT2D eigenvalue weighted by atomic mass is 16.5. The quantitative estimate of drug-likeness (QED) is 0.858. The van der Waals surface area contributed by atoms with Crippen molar-refractivity contribution in [2.24, 2.45) is 0 Å². The van der Waals surface area contributed by atoms with Crippen LogP contribution in [-0.2, 0) is 0 Å². The van der Waals surface area contributed by atoms with E-state index in [1.165, 1.54) is 0 Å². The summed E-state index contributed by atoms with van der Waals surface area (Å²) in [5.74, 6) is -0.856. The van der Waals surface area contributed by atoms with Crippen molar-refractivity contribution in [3.05, 3.63) is 30.0 Å². The molecule has 0 saturated heterocycles. The third-order valence-electron chi connectivity index (χ3n) is 2.26. The molecule has 0 aliphatic rings. The molecule has 1 aromatic carbocycles. The number of carboxylic acids is 1. The standard InChI is InChI=1S/C12H12N2O4/c1-2-17-8-5-3-4-7(6-8)9-10(11(15)16)18-12(13)14-9/h3-6H,2H2,1H3,(H2,13,14)(H,15,16). The van der Waals surface area contributed by atoms with Gasteiger partial charge in [-0.3, -0.25) is 0 Å². The van der Waals surface area contributed by atoms with Crippen LogP contribution in [0.2, 0.25) is 0 Å². The largest absolute Gasteiger partial charge is 0.494 e. The lowest BCUT2D eigenvalue weighted by Crippen LogP contribution is -1.97. The molecule has 0 spiro atoms. The molecule has 2 aromatic rings. The summed E-state index contributed by atoms with van der Waals surface area (Å²) in [4.78, 5) is 14.9. The van der Waals surface area contributed by atoms with E-state index in [4.69, 9.17) is 20.0 Å². The molecule has 3 N–H and O–H groups in total. The van der Waals surface area contributed by atoms with E-state index in [1.54, 1.807) is 24.3 Å². The molecule has 0 fully saturated rings. The van der Waals surface area contributed by atoms with Crippen molar-refractivity contribution in [1.82, 2.24) is 4.98 Å².